The van der Waals surface area contributed by atoms with Crippen LogP contribution in [-0.4, -0.2) is 55.6 Å². The highest BCUT2D eigenvalue weighted by atomic mass is 16.5. The summed E-state index contributed by atoms with van der Waals surface area (Å²) in [4.78, 5) is 24.6. The second kappa shape index (κ2) is 4.16. The van der Waals surface area contributed by atoms with Crippen LogP contribution in [0.25, 0.3) is 0 Å². The fraction of sp³-hybridized carbons (Fsp3) is 0.778. The summed E-state index contributed by atoms with van der Waals surface area (Å²) in [5, 5.41) is 2.67. The molecule has 0 aromatic carbocycles. The molecule has 2 fully saturated rings. The van der Waals surface area contributed by atoms with E-state index < -0.39 is 0 Å². The number of nitrogens with one attached hydrogen (secondary N) is 1. The molecule has 2 amide bonds. The van der Waals surface area contributed by atoms with Gasteiger partial charge < -0.3 is 20.7 Å². The van der Waals surface area contributed by atoms with Gasteiger partial charge in [-0.15, -0.1) is 0 Å². The lowest BCUT2D eigenvalue weighted by atomic mass is 10.0. The SMILES string of the molecule is NC1COCC1C(=O)N1CCNC(=O)C1. The Labute approximate surface area is 87.7 Å². The van der Waals surface area contributed by atoms with Gasteiger partial charge in [0.05, 0.1) is 25.7 Å². The van der Waals surface area contributed by atoms with Crippen LogP contribution < -0.4 is 11.1 Å². The van der Waals surface area contributed by atoms with E-state index in [2.05, 4.69) is 5.32 Å². The van der Waals surface area contributed by atoms with E-state index in [0.29, 0.717) is 26.3 Å². The van der Waals surface area contributed by atoms with Gasteiger partial charge >= 0.3 is 0 Å². The van der Waals surface area contributed by atoms with Gasteiger partial charge in [-0.3, -0.25) is 9.59 Å². The van der Waals surface area contributed by atoms with E-state index in [1.165, 1.54) is 0 Å². The summed E-state index contributed by atoms with van der Waals surface area (Å²) < 4.78 is 5.14. The third kappa shape index (κ3) is 2.10. The molecule has 2 aliphatic rings. The zero-order valence-electron chi connectivity index (χ0n) is 8.44. The fourth-order valence-corrected chi connectivity index (χ4v) is 1.89. The monoisotopic (exact) mass is 213 g/mol. The Bertz CT molecular complexity index is 282. The summed E-state index contributed by atoms with van der Waals surface area (Å²) in [5.74, 6) is -0.451. The van der Waals surface area contributed by atoms with Crippen molar-refractivity contribution in [1.29, 1.82) is 0 Å². The molecule has 6 heteroatoms. The van der Waals surface area contributed by atoms with E-state index in [1.807, 2.05) is 0 Å². The van der Waals surface area contributed by atoms with E-state index >= 15 is 0 Å². The number of hydrogen-bond acceptors (Lipinski definition) is 4. The Hall–Kier alpha value is -1.14. The maximum absolute atomic E-state index is 11.9. The van der Waals surface area contributed by atoms with Crippen LogP contribution in [0, 0.1) is 5.92 Å². The Morgan fingerprint density at radius 2 is 2.33 bits per heavy atom. The number of nitrogens with two attached hydrogens (primary N) is 1. The molecule has 0 aliphatic carbocycles. The predicted molar refractivity (Wildman–Crippen MR) is 51.9 cm³/mol. The van der Waals surface area contributed by atoms with Gasteiger partial charge in [0.1, 0.15) is 0 Å². The van der Waals surface area contributed by atoms with Crippen LogP contribution in [0.5, 0.6) is 0 Å². The highest BCUT2D eigenvalue weighted by Crippen LogP contribution is 2.15. The number of carbonyl (C=O) groups is 2. The minimum Gasteiger partial charge on any atom is -0.379 e. The zero-order chi connectivity index (χ0) is 10.8. The number of carbonyl (C=O) groups excluding carboxylic acids is 2. The molecule has 2 rings (SSSR count). The standard InChI is InChI=1S/C9H15N3O3/c10-7-5-15-4-6(7)9(14)12-2-1-11-8(13)3-12/h6-7H,1-5,10H2,(H,11,13). The van der Waals surface area contributed by atoms with E-state index in [9.17, 15) is 9.59 Å². The number of ether oxygens (including phenoxy) is 1. The summed E-state index contributed by atoms with van der Waals surface area (Å²) in [7, 11) is 0. The Morgan fingerprint density at radius 1 is 1.53 bits per heavy atom. The zero-order valence-corrected chi connectivity index (χ0v) is 8.44. The highest BCUT2D eigenvalue weighted by Gasteiger charge is 2.35. The van der Waals surface area contributed by atoms with Crippen molar-refractivity contribution in [2.24, 2.45) is 11.7 Å². The van der Waals surface area contributed by atoms with Crippen molar-refractivity contribution in [2.45, 2.75) is 6.04 Å². The van der Waals surface area contributed by atoms with Crippen LogP contribution in [0.1, 0.15) is 0 Å². The maximum Gasteiger partial charge on any atom is 0.239 e. The Morgan fingerprint density at radius 3 is 2.93 bits per heavy atom. The van der Waals surface area contributed by atoms with E-state index in [-0.39, 0.29) is 30.3 Å². The molecule has 6 nitrogen and oxygen atoms in total. The van der Waals surface area contributed by atoms with Crippen LogP contribution in [0.2, 0.25) is 0 Å². The molecule has 2 aliphatic heterocycles. The van der Waals surface area contributed by atoms with E-state index in [1.54, 1.807) is 4.90 Å². The molecule has 84 valence electrons. The largest absolute Gasteiger partial charge is 0.379 e. The Balaban J connectivity index is 1.97. The maximum atomic E-state index is 11.9. The van der Waals surface area contributed by atoms with Crippen LogP contribution in [0.4, 0.5) is 0 Å². The second-order valence-corrected chi connectivity index (χ2v) is 3.92. The molecule has 2 unspecified atom stereocenters. The van der Waals surface area contributed by atoms with Gasteiger partial charge in [-0.2, -0.15) is 0 Å². The first-order valence-corrected chi connectivity index (χ1v) is 5.07. The van der Waals surface area contributed by atoms with Gasteiger partial charge in [0.2, 0.25) is 11.8 Å². The third-order valence-corrected chi connectivity index (χ3v) is 2.79. The topological polar surface area (TPSA) is 84.7 Å². The smallest absolute Gasteiger partial charge is 0.239 e. The first-order chi connectivity index (χ1) is 7.18. The summed E-state index contributed by atoms with van der Waals surface area (Å²) >= 11 is 0. The van der Waals surface area contributed by atoms with E-state index in [4.69, 9.17) is 10.5 Å². The molecule has 0 aromatic heterocycles. The fourth-order valence-electron chi connectivity index (χ4n) is 1.89. The minimum atomic E-state index is -0.282. The molecule has 0 bridgehead atoms. The molecule has 0 aromatic rings. The second-order valence-electron chi connectivity index (χ2n) is 3.92. The highest BCUT2D eigenvalue weighted by molar-refractivity contribution is 5.87. The molecule has 0 saturated carbocycles. The molecular weight excluding hydrogens is 198 g/mol. The van der Waals surface area contributed by atoms with Gasteiger partial charge in [0, 0.05) is 19.1 Å². The number of hydrogen-bond donors (Lipinski definition) is 2. The third-order valence-electron chi connectivity index (χ3n) is 2.79. The van der Waals surface area contributed by atoms with Crippen molar-refractivity contribution in [3.63, 3.8) is 0 Å². The lowest BCUT2D eigenvalue weighted by molar-refractivity contribution is -0.141. The average molecular weight is 213 g/mol. The summed E-state index contributed by atoms with van der Waals surface area (Å²) in [6.07, 6.45) is 0. The molecule has 3 N–H and O–H groups in total. The number of nitrogens with zero attached hydrogens (tertiary/aromatic N) is 1. The average Bonchev–Trinajstić information content (AvgIpc) is 2.63. The number of amides is 2. The molecule has 15 heavy (non-hydrogen) atoms. The Kier molecular flexibility index (Phi) is 2.88. The van der Waals surface area contributed by atoms with Crippen LogP contribution >= 0.6 is 0 Å². The lowest BCUT2D eigenvalue weighted by Gasteiger charge is -2.29. The van der Waals surface area contributed by atoms with Crippen molar-refractivity contribution in [3.8, 4) is 0 Å². The first-order valence-electron chi connectivity index (χ1n) is 5.07. The van der Waals surface area contributed by atoms with Crippen molar-refractivity contribution in [3.05, 3.63) is 0 Å². The van der Waals surface area contributed by atoms with Gasteiger partial charge in [-0.25, -0.2) is 0 Å². The summed E-state index contributed by atoms with van der Waals surface area (Å²) in [6.45, 7) is 2.03. The van der Waals surface area contributed by atoms with Crippen molar-refractivity contribution < 1.29 is 14.3 Å². The molecule has 0 radical (unpaired) electrons. The first kappa shape index (κ1) is 10.4. The van der Waals surface area contributed by atoms with Gasteiger partial charge in [-0.05, 0) is 0 Å². The van der Waals surface area contributed by atoms with Crippen molar-refractivity contribution >= 4 is 11.8 Å². The minimum absolute atomic E-state index is 0.0603. The van der Waals surface area contributed by atoms with Crippen molar-refractivity contribution in [1.82, 2.24) is 10.2 Å². The predicted octanol–water partition coefficient (Wildman–Crippen LogP) is -2.08. The molecule has 0 spiro atoms. The summed E-state index contributed by atoms with van der Waals surface area (Å²) in [6, 6.07) is -0.234. The van der Waals surface area contributed by atoms with Crippen LogP contribution in [0.3, 0.4) is 0 Å². The van der Waals surface area contributed by atoms with E-state index in [0.717, 1.165) is 0 Å². The summed E-state index contributed by atoms with van der Waals surface area (Å²) in [5.41, 5.74) is 5.75. The molecular formula is C9H15N3O3. The van der Waals surface area contributed by atoms with Crippen LogP contribution in [-0.2, 0) is 14.3 Å². The van der Waals surface area contributed by atoms with Crippen molar-refractivity contribution in [2.75, 3.05) is 32.8 Å². The normalized spacial score (nSPS) is 31.5. The van der Waals surface area contributed by atoms with Gasteiger partial charge in [-0.1, -0.05) is 0 Å². The van der Waals surface area contributed by atoms with Gasteiger partial charge in [0.15, 0.2) is 0 Å². The van der Waals surface area contributed by atoms with Crippen LogP contribution in [0.15, 0.2) is 0 Å². The molecule has 2 saturated heterocycles. The quantitative estimate of drug-likeness (QED) is 0.523. The lowest BCUT2D eigenvalue weighted by Crippen LogP contribution is -2.53. The molecule has 2 atom stereocenters. The number of rotatable bonds is 1. The number of piperazine rings is 1. The van der Waals surface area contributed by atoms with Gasteiger partial charge in [0.25, 0.3) is 0 Å². The molecule has 2 heterocycles.